The molecule has 0 aliphatic carbocycles. The highest BCUT2D eigenvalue weighted by atomic mass is 16.3. The number of aryl methyl sites for hydroxylation is 1. The molecule has 0 fully saturated rings. The molecular weight excluding hydrogens is 308 g/mol. The Bertz CT molecular complexity index is 708. The summed E-state index contributed by atoms with van der Waals surface area (Å²) in [6.07, 6.45) is 1.44. The van der Waals surface area contributed by atoms with Crippen molar-refractivity contribution in [1.29, 1.82) is 0 Å². The van der Waals surface area contributed by atoms with Crippen LogP contribution in [0.1, 0.15) is 42.7 Å². The lowest BCUT2D eigenvalue weighted by atomic mass is 9.98. The summed E-state index contributed by atoms with van der Waals surface area (Å²) in [4.78, 5) is 24.4. The maximum atomic E-state index is 12.2. The normalized spacial score (nSPS) is 12.0. The first kappa shape index (κ1) is 17.7. The maximum Gasteiger partial charge on any atom is 0.313 e. The van der Waals surface area contributed by atoms with Crippen molar-refractivity contribution in [3.05, 3.63) is 53.5 Å². The highest BCUT2D eigenvalue weighted by molar-refractivity contribution is 6.39. The zero-order valence-corrected chi connectivity index (χ0v) is 14.0. The fourth-order valence-electron chi connectivity index (χ4n) is 2.43. The van der Waals surface area contributed by atoms with Gasteiger partial charge in [-0.1, -0.05) is 32.0 Å². The number of carbonyl (C=O) groups excluding carboxylic acids is 2. The van der Waals surface area contributed by atoms with E-state index in [1.807, 2.05) is 39.0 Å². The molecule has 3 N–H and O–H groups in total. The van der Waals surface area contributed by atoms with E-state index in [0.717, 1.165) is 11.1 Å². The highest BCUT2D eigenvalue weighted by Gasteiger charge is 2.22. The Morgan fingerprint density at radius 2 is 1.92 bits per heavy atom. The van der Waals surface area contributed by atoms with Gasteiger partial charge in [-0.25, -0.2) is 0 Å². The summed E-state index contributed by atoms with van der Waals surface area (Å²) < 4.78 is 5.15. The summed E-state index contributed by atoms with van der Waals surface area (Å²) in [5.74, 6) is -1.02. The number of hydrogen-bond acceptors (Lipinski definition) is 4. The third-order valence-corrected chi connectivity index (χ3v) is 3.75. The third-order valence-electron chi connectivity index (χ3n) is 3.75. The highest BCUT2D eigenvalue weighted by Crippen LogP contribution is 2.27. The molecule has 6 nitrogen and oxygen atoms in total. The molecule has 1 heterocycles. The second kappa shape index (κ2) is 7.79. The Labute approximate surface area is 140 Å². The molecule has 1 aromatic heterocycles. The molecular formula is C18H22N2O4. The fraction of sp³-hybridized carbons (Fsp3) is 0.333. The summed E-state index contributed by atoms with van der Waals surface area (Å²) in [6, 6.07) is 8.21. The molecule has 0 aliphatic heterocycles. The van der Waals surface area contributed by atoms with E-state index in [1.54, 1.807) is 12.1 Å². The number of rotatable bonds is 5. The standard InChI is InChI=1S/C18H22N2O4/c1-11(2)13-7-4-6-12(3)16(13)20-18(23)17(22)19-14(10-21)15-8-5-9-24-15/h4-9,11,14,21H,10H2,1-3H3,(H,19,22)(H,20,23). The predicted molar refractivity (Wildman–Crippen MR) is 90.6 cm³/mol. The van der Waals surface area contributed by atoms with Crippen LogP contribution in [0.15, 0.2) is 41.0 Å². The van der Waals surface area contributed by atoms with Crippen molar-refractivity contribution < 1.29 is 19.1 Å². The number of nitrogens with one attached hydrogen (secondary N) is 2. The van der Waals surface area contributed by atoms with E-state index in [2.05, 4.69) is 10.6 Å². The molecule has 0 spiro atoms. The van der Waals surface area contributed by atoms with Gasteiger partial charge in [0, 0.05) is 5.69 Å². The van der Waals surface area contributed by atoms with E-state index < -0.39 is 17.9 Å². The van der Waals surface area contributed by atoms with Gasteiger partial charge in [-0.2, -0.15) is 0 Å². The Morgan fingerprint density at radius 3 is 2.50 bits per heavy atom. The molecule has 2 aromatic rings. The van der Waals surface area contributed by atoms with Gasteiger partial charge in [-0.3, -0.25) is 9.59 Å². The van der Waals surface area contributed by atoms with Gasteiger partial charge in [0.25, 0.3) is 0 Å². The Balaban J connectivity index is 2.11. The molecule has 128 valence electrons. The zero-order chi connectivity index (χ0) is 17.7. The van der Waals surface area contributed by atoms with Crippen LogP contribution in [-0.2, 0) is 9.59 Å². The number of aliphatic hydroxyl groups is 1. The first-order valence-electron chi connectivity index (χ1n) is 7.79. The molecule has 0 bridgehead atoms. The summed E-state index contributed by atoms with van der Waals surface area (Å²) in [5.41, 5.74) is 2.49. The first-order valence-corrected chi connectivity index (χ1v) is 7.79. The van der Waals surface area contributed by atoms with Gasteiger partial charge in [0.05, 0.1) is 12.9 Å². The average Bonchev–Trinajstić information content (AvgIpc) is 3.08. The van der Waals surface area contributed by atoms with Crippen molar-refractivity contribution >= 4 is 17.5 Å². The molecule has 2 amide bonds. The van der Waals surface area contributed by atoms with Gasteiger partial charge in [-0.15, -0.1) is 0 Å². The molecule has 0 saturated carbocycles. The van der Waals surface area contributed by atoms with Gasteiger partial charge in [0.15, 0.2) is 0 Å². The van der Waals surface area contributed by atoms with E-state index >= 15 is 0 Å². The quantitative estimate of drug-likeness (QED) is 0.735. The zero-order valence-electron chi connectivity index (χ0n) is 14.0. The minimum atomic E-state index is -0.830. The van der Waals surface area contributed by atoms with Gasteiger partial charge in [-0.05, 0) is 36.1 Å². The molecule has 1 aromatic carbocycles. The van der Waals surface area contributed by atoms with Crippen molar-refractivity contribution in [3.8, 4) is 0 Å². The van der Waals surface area contributed by atoms with Crippen LogP contribution in [0.2, 0.25) is 0 Å². The largest absolute Gasteiger partial charge is 0.467 e. The smallest absolute Gasteiger partial charge is 0.313 e. The van der Waals surface area contributed by atoms with Crippen molar-refractivity contribution in [1.82, 2.24) is 5.32 Å². The van der Waals surface area contributed by atoms with Crippen LogP contribution in [0.5, 0.6) is 0 Å². The number of benzene rings is 1. The summed E-state index contributed by atoms with van der Waals surface area (Å²) in [7, 11) is 0. The van der Waals surface area contributed by atoms with Crippen LogP contribution in [0, 0.1) is 6.92 Å². The minimum Gasteiger partial charge on any atom is -0.467 e. The monoisotopic (exact) mass is 330 g/mol. The SMILES string of the molecule is Cc1cccc(C(C)C)c1NC(=O)C(=O)NC(CO)c1ccco1. The van der Waals surface area contributed by atoms with E-state index in [1.165, 1.54) is 6.26 Å². The molecule has 6 heteroatoms. The summed E-state index contributed by atoms with van der Waals surface area (Å²) >= 11 is 0. The van der Waals surface area contributed by atoms with Crippen LogP contribution >= 0.6 is 0 Å². The number of anilines is 1. The molecule has 0 saturated heterocycles. The van der Waals surface area contributed by atoms with E-state index in [-0.39, 0.29) is 12.5 Å². The van der Waals surface area contributed by atoms with Gasteiger partial charge in [0.2, 0.25) is 0 Å². The van der Waals surface area contributed by atoms with Crippen LogP contribution in [0.25, 0.3) is 0 Å². The second-order valence-corrected chi connectivity index (χ2v) is 5.87. The molecule has 0 aliphatic rings. The number of hydrogen-bond donors (Lipinski definition) is 3. The number of para-hydroxylation sites is 1. The predicted octanol–water partition coefficient (Wildman–Crippen LogP) is 2.50. The molecule has 1 atom stereocenters. The summed E-state index contributed by atoms with van der Waals surface area (Å²) in [5, 5.41) is 14.5. The molecule has 24 heavy (non-hydrogen) atoms. The van der Waals surface area contributed by atoms with Gasteiger partial charge < -0.3 is 20.2 Å². The van der Waals surface area contributed by atoms with Crippen LogP contribution in [0.3, 0.4) is 0 Å². The van der Waals surface area contributed by atoms with Crippen LogP contribution in [0.4, 0.5) is 5.69 Å². The van der Waals surface area contributed by atoms with Gasteiger partial charge >= 0.3 is 11.8 Å². The summed E-state index contributed by atoms with van der Waals surface area (Å²) in [6.45, 7) is 5.54. The van der Waals surface area contributed by atoms with Crippen LogP contribution < -0.4 is 10.6 Å². The topological polar surface area (TPSA) is 91.6 Å². The van der Waals surface area contributed by atoms with Crippen molar-refractivity contribution in [3.63, 3.8) is 0 Å². The van der Waals surface area contributed by atoms with Gasteiger partial charge in [0.1, 0.15) is 11.8 Å². The average molecular weight is 330 g/mol. The first-order chi connectivity index (χ1) is 11.4. The molecule has 1 unspecified atom stereocenters. The second-order valence-electron chi connectivity index (χ2n) is 5.87. The lowest BCUT2D eigenvalue weighted by Crippen LogP contribution is -2.39. The minimum absolute atomic E-state index is 0.205. The number of carbonyl (C=O) groups is 2. The third kappa shape index (κ3) is 4.02. The van der Waals surface area contributed by atoms with Crippen molar-refractivity contribution in [2.45, 2.75) is 32.7 Å². The number of furan rings is 1. The van der Waals surface area contributed by atoms with E-state index in [0.29, 0.717) is 11.4 Å². The lowest BCUT2D eigenvalue weighted by molar-refractivity contribution is -0.136. The number of aliphatic hydroxyl groups excluding tert-OH is 1. The fourth-order valence-corrected chi connectivity index (χ4v) is 2.43. The molecule has 0 radical (unpaired) electrons. The Morgan fingerprint density at radius 1 is 1.17 bits per heavy atom. The maximum absolute atomic E-state index is 12.2. The Hall–Kier alpha value is -2.60. The molecule has 2 rings (SSSR count). The van der Waals surface area contributed by atoms with Crippen LogP contribution in [-0.4, -0.2) is 23.5 Å². The lowest BCUT2D eigenvalue weighted by Gasteiger charge is -2.17. The number of amides is 2. The van der Waals surface area contributed by atoms with E-state index in [4.69, 9.17) is 4.42 Å². The Kier molecular flexibility index (Phi) is 5.76. The van der Waals surface area contributed by atoms with Crippen molar-refractivity contribution in [2.75, 3.05) is 11.9 Å². The van der Waals surface area contributed by atoms with Crippen molar-refractivity contribution in [2.24, 2.45) is 0 Å². The van der Waals surface area contributed by atoms with E-state index in [9.17, 15) is 14.7 Å².